The zero-order chi connectivity index (χ0) is 15.4. The highest BCUT2D eigenvalue weighted by Gasteiger charge is 2.19. The van der Waals surface area contributed by atoms with Crippen LogP contribution in [0.5, 0.6) is 0 Å². The van der Waals surface area contributed by atoms with Crippen LogP contribution in [-0.4, -0.2) is 51.1 Å². The predicted molar refractivity (Wildman–Crippen MR) is 80.7 cm³/mol. The maximum Gasteiger partial charge on any atom is 0.242 e. The fourth-order valence-corrected chi connectivity index (χ4v) is 2.10. The first kappa shape index (κ1) is 15.1. The highest BCUT2D eigenvalue weighted by Crippen LogP contribution is 2.17. The standard InChI is InChI=1S/C14H20N6O/c1-5-11(20(3)4)14(21)17-12-8-10(6-7-15-12)13-16-9(2)18-19-13/h6-8,11H,5H2,1-4H3,(H,15,17,21)(H,16,18,19). The van der Waals surface area contributed by atoms with Crippen LogP contribution < -0.4 is 5.32 Å². The zero-order valence-electron chi connectivity index (χ0n) is 12.7. The number of likely N-dealkylation sites (N-methyl/N-ethyl adjacent to an activating group) is 1. The molecule has 0 aliphatic carbocycles. The number of aromatic amines is 1. The van der Waals surface area contributed by atoms with E-state index in [-0.39, 0.29) is 11.9 Å². The van der Waals surface area contributed by atoms with Crippen LogP contribution in [-0.2, 0) is 4.79 Å². The maximum atomic E-state index is 12.2. The van der Waals surface area contributed by atoms with Crippen LogP contribution in [0.4, 0.5) is 5.82 Å². The fraction of sp³-hybridized carbons (Fsp3) is 0.429. The van der Waals surface area contributed by atoms with Gasteiger partial charge in [0.05, 0.1) is 6.04 Å². The van der Waals surface area contributed by atoms with Crippen molar-refractivity contribution in [2.45, 2.75) is 26.3 Å². The van der Waals surface area contributed by atoms with Gasteiger partial charge in [0.1, 0.15) is 11.6 Å². The second kappa shape index (κ2) is 6.45. The molecule has 21 heavy (non-hydrogen) atoms. The Morgan fingerprint density at radius 3 is 2.81 bits per heavy atom. The molecule has 0 saturated heterocycles. The van der Waals surface area contributed by atoms with E-state index >= 15 is 0 Å². The van der Waals surface area contributed by atoms with Gasteiger partial charge in [0.25, 0.3) is 0 Å². The largest absolute Gasteiger partial charge is 0.309 e. The summed E-state index contributed by atoms with van der Waals surface area (Å²) in [6.07, 6.45) is 2.37. The molecule has 0 aliphatic rings. The van der Waals surface area contributed by atoms with Crippen LogP contribution in [0.15, 0.2) is 18.3 Å². The second-order valence-electron chi connectivity index (χ2n) is 5.05. The minimum Gasteiger partial charge on any atom is -0.309 e. The van der Waals surface area contributed by atoms with Gasteiger partial charge in [-0.05, 0) is 39.6 Å². The number of aryl methyl sites for hydroxylation is 1. The normalized spacial score (nSPS) is 12.4. The van der Waals surface area contributed by atoms with Gasteiger partial charge in [-0.3, -0.25) is 14.8 Å². The summed E-state index contributed by atoms with van der Waals surface area (Å²) in [5, 5.41) is 9.73. The molecule has 0 fully saturated rings. The molecular weight excluding hydrogens is 268 g/mol. The van der Waals surface area contributed by atoms with E-state index in [0.717, 1.165) is 17.8 Å². The van der Waals surface area contributed by atoms with E-state index in [1.54, 1.807) is 12.3 Å². The number of nitrogens with one attached hydrogen (secondary N) is 2. The Bertz CT molecular complexity index is 621. The number of carbonyl (C=O) groups is 1. The molecule has 2 aromatic heterocycles. The van der Waals surface area contributed by atoms with E-state index in [4.69, 9.17) is 0 Å². The SMILES string of the molecule is CCC(C(=O)Nc1cc(-c2n[nH]c(C)n2)ccn1)N(C)C. The zero-order valence-corrected chi connectivity index (χ0v) is 12.7. The third-order valence-electron chi connectivity index (χ3n) is 3.18. The van der Waals surface area contributed by atoms with Gasteiger partial charge in [-0.25, -0.2) is 9.97 Å². The molecular formula is C14H20N6O. The molecule has 0 bridgehead atoms. The Kier molecular flexibility index (Phi) is 4.64. The van der Waals surface area contributed by atoms with Crippen LogP contribution in [0.25, 0.3) is 11.4 Å². The molecule has 0 aliphatic heterocycles. The van der Waals surface area contributed by atoms with Crippen molar-refractivity contribution in [1.82, 2.24) is 25.1 Å². The van der Waals surface area contributed by atoms with Gasteiger partial charge in [0, 0.05) is 11.8 Å². The molecule has 0 aromatic carbocycles. The number of rotatable bonds is 5. The van der Waals surface area contributed by atoms with Gasteiger partial charge in [0.15, 0.2) is 5.82 Å². The van der Waals surface area contributed by atoms with Crippen molar-refractivity contribution in [1.29, 1.82) is 0 Å². The van der Waals surface area contributed by atoms with Gasteiger partial charge < -0.3 is 5.32 Å². The lowest BCUT2D eigenvalue weighted by Gasteiger charge is -2.21. The number of carbonyl (C=O) groups excluding carboxylic acids is 1. The molecule has 7 nitrogen and oxygen atoms in total. The number of H-pyrrole nitrogens is 1. The van der Waals surface area contributed by atoms with Gasteiger partial charge >= 0.3 is 0 Å². The topological polar surface area (TPSA) is 86.8 Å². The fourth-order valence-electron chi connectivity index (χ4n) is 2.10. The number of hydrogen-bond donors (Lipinski definition) is 2. The van der Waals surface area contributed by atoms with Crippen LogP contribution in [0.3, 0.4) is 0 Å². The highest BCUT2D eigenvalue weighted by molar-refractivity contribution is 5.94. The van der Waals surface area contributed by atoms with Crippen molar-refractivity contribution >= 4 is 11.7 Å². The number of nitrogens with zero attached hydrogens (tertiary/aromatic N) is 4. The predicted octanol–water partition coefficient (Wildman–Crippen LogP) is 1.45. The van der Waals surface area contributed by atoms with Crippen LogP contribution in [0.2, 0.25) is 0 Å². The molecule has 2 N–H and O–H groups in total. The lowest BCUT2D eigenvalue weighted by atomic mass is 10.2. The summed E-state index contributed by atoms with van der Waals surface area (Å²) in [5.74, 6) is 1.76. The number of hydrogen-bond acceptors (Lipinski definition) is 5. The van der Waals surface area contributed by atoms with Crippen molar-refractivity contribution < 1.29 is 4.79 Å². The smallest absolute Gasteiger partial charge is 0.242 e. The lowest BCUT2D eigenvalue weighted by molar-refractivity contribution is -0.120. The molecule has 2 heterocycles. The molecule has 1 amide bonds. The summed E-state index contributed by atoms with van der Waals surface area (Å²) >= 11 is 0. The van der Waals surface area contributed by atoms with Crippen molar-refractivity contribution in [2.75, 3.05) is 19.4 Å². The molecule has 7 heteroatoms. The van der Waals surface area contributed by atoms with Crippen molar-refractivity contribution in [2.24, 2.45) is 0 Å². The average Bonchev–Trinajstić information content (AvgIpc) is 2.86. The quantitative estimate of drug-likeness (QED) is 0.869. The first-order valence-corrected chi connectivity index (χ1v) is 6.84. The van der Waals surface area contributed by atoms with Crippen LogP contribution in [0.1, 0.15) is 19.2 Å². The highest BCUT2D eigenvalue weighted by atomic mass is 16.2. The van der Waals surface area contributed by atoms with Crippen molar-refractivity contribution in [3.05, 3.63) is 24.2 Å². The molecule has 112 valence electrons. The number of aromatic nitrogens is 4. The summed E-state index contributed by atoms with van der Waals surface area (Å²) < 4.78 is 0. The minimum absolute atomic E-state index is 0.0710. The first-order valence-electron chi connectivity index (χ1n) is 6.84. The van der Waals surface area contributed by atoms with Gasteiger partial charge in [-0.1, -0.05) is 6.92 Å². The van der Waals surface area contributed by atoms with Gasteiger partial charge in [-0.2, -0.15) is 5.10 Å². The third-order valence-corrected chi connectivity index (χ3v) is 3.18. The van der Waals surface area contributed by atoms with Crippen molar-refractivity contribution in [3.8, 4) is 11.4 Å². The molecule has 2 rings (SSSR count). The van der Waals surface area contributed by atoms with Crippen LogP contribution >= 0.6 is 0 Å². The molecule has 1 unspecified atom stereocenters. The second-order valence-corrected chi connectivity index (χ2v) is 5.05. The maximum absolute atomic E-state index is 12.2. The summed E-state index contributed by atoms with van der Waals surface area (Å²) in [6.45, 7) is 3.81. The van der Waals surface area contributed by atoms with E-state index in [9.17, 15) is 4.79 Å². The number of anilines is 1. The monoisotopic (exact) mass is 288 g/mol. The Morgan fingerprint density at radius 1 is 1.48 bits per heavy atom. The summed E-state index contributed by atoms with van der Waals surface area (Å²) in [4.78, 5) is 22.5. The Labute approximate surface area is 123 Å². The molecule has 2 aromatic rings. The summed E-state index contributed by atoms with van der Waals surface area (Å²) in [5.41, 5.74) is 0.808. The van der Waals surface area contributed by atoms with E-state index in [0.29, 0.717) is 11.6 Å². The average molecular weight is 288 g/mol. The summed E-state index contributed by atoms with van der Waals surface area (Å²) in [7, 11) is 3.77. The Balaban J connectivity index is 2.16. The molecule has 1 atom stereocenters. The lowest BCUT2D eigenvalue weighted by Crippen LogP contribution is -2.39. The number of amides is 1. The van der Waals surface area contributed by atoms with Crippen molar-refractivity contribution in [3.63, 3.8) is 0 Å². The Hall–Kier alpha value is -2.28. The molecule has 0 radical (unpaired) electrons. The summed E-state index contributed by atoms with van der Waals surface area (Å²) in [6, 6.07) is 3.39. The minimum atomic E-state index is -0.179. The van der Waals surface area contributed by atoms with E-state index in [1.807, 2.05) is 38.9 Å². The Morgan fingerprint density at radius 2 is 2.24 bits per heavy atom. The molecule has 0 spiro atoms. The third kappa shape index (κ3) is 3.63. The van der Waals surface area contributed by atoms with Gasteiger partial charge in [0.2, 0.25) is 5.91 Å². The number of pyridine rings is 1. The van der Waals surface area contributed by atoms with Crippen LogP contribution in [0, 0.1) is 6.92 Å². The molecule has 0 saturated carbocycles. The first-order chi connectivity index (χ1) is 10.0. The van der Waals surface area contributed by atoms with E-state index in [2.05, 4.69) is 25.5 Å². The van der Waals surface area contributed by atoms with E-state index < -0.39 is 0 Å². The van der Waals surface area contributed by atoms with Gasteiger partial charge in [-0.15, -0.1) is 0 Å². The van der Waals surface area contributed by atoms with E-state index in [1.165, 1.54) is 0 Å².